The predicted molar refractivity (Wildman–Crippen MR) is 144 cm³/mol. The second-order valence-electron chi connectivity index (χ2n) is 8.20. The number of hydrogen-bond acceptors (Lipinski definition) is 5. The summed E-state index contributed by atoms with van der Waals surface area (Å²) in [5.74, 6) is 0.243. The van der Waals surface area contributed by atoms with Crippen LogP contribution in [0.5, 0.6) is 0 Å². The van der Waals surface area contributed by atoms with Crippen molar-refractivity contribution in [3.63, 3.8) is 0 Å². The maximum atomic E-state index is 13.5. The summed E-state index contributed by atoms with van der Waals surface area (Å²) < 4.78 is 34.1. The summed E-state index contributed by atoms with van der Waals surface area (Å²) in [6.45, 7) is 2.07. The van der Waals surface area contributed by atoms with Gasteiger partial charge in [0.2, 0.25) is 10.0 Å². The summed E-state index contributed by atoms with van der Waals surface area (Å²) in [6.07, 6.45) is 1.32. The van der Waals surface area contributed by atoms with E-state index in [0.717, 1.165) is 11.1 Å². The van der Waals surface area contributed by atoms with Crippen LogP contribution in [0.15, 0.2) is 99.3 Å². The van der Waals surface area contributed by atoms with Gasteiger partial charge in [0.15, 0.2) is 0 Å². The molecule has 0 saturated carbocycles. The van der Waals surface area contributed by atoms with Crippen molar-refractivity contribution in [1.29, 1.82) is 0 Å². The first kappa shape index (κ1) is 26.6. The number of benzene rings is 3. The molecule has 0 aliphatic heterocycles. The number of aryl methyl sites for hydroxylation is 1. The largest absolute Gasteiger partial charge is 0.459 e. The minimum atomic E-state index is -3.81. The molecule has 0 saturated heterocycles. The Hall–Kier alpha value is -3.43. The van der Waals surface area contributed by atoms with Crippen LogP contribution in [0.3, 0.4) is 0 Å². The Bertz CT molecular complexity index is 1520. The lowest BCUT2D eigenvalue weighted by molar-refractivity contribution is 0.0955. The van der Waals surface area contributed by atoms with Crippen molar-refractivity contribution in [3.8, 4) is 0 Å². The van der Waals surface area contributed by atoms with Crippen molar-refractivity contribution in [1.82, 2.24) is 9.73 Å². The summed E-state index contributed by atoms with van der Waals surface area (Å²) in [5, 5.41) is 4.52. The standard InChI is InChI=1S/C27H23Cl2N3O4S/c1-19-7-12-24(13-8-19)37(34,35)32(17-20-5-3-2-4-6-20)18-23-11-10-22(36-23)16-30-31-27(33)25-14-9-21(28)15-26(25)29/h2-16H,17-18H2,1H3,(H,31,33)/b30-16-. The lowest BCUT2D eigenvalue weighted by Gasteiger charge is -2.21. The molecular weight excluding hydrogens is 533 g/mol. The molecule has 190 valence electrons. The molecule has 7 nitrogen and oxygen atoms in total. The highest BCUT2D eigenvalue weighted by Crippen LogP contribution is 2.23. The van der Waals surface area contributed by atoms with Gasteiger partial charge in [0.1, 0.15) is 11.5 Å². The first-order valence-electron chi connectivity index (χ1n) is 11.2. The monoisotopic (exact) mass is 555 g/mol. The number of hydrazone groups is 1. The average molecular weight is 556 g/mol. The van der Waals surface area contributed by atoms with Gasteiger partial charge in [0.25, 0.3) is 5.91 Å². The van der Waals surface area contributed by atoms with E-state index in [2.05, 4.69) is 10.5 Å². The molecule has 0 unspecified atom stereocenters. The summed E-state index contributed by atoms with van der Waals surface area (Å²) in [4.78, 5) is 12.5. The number of furan rings is 1. The quantitative estimate of drug-likeness (QED) is 0.201. The van der Waals surface area contributed by atoms with E-state index < -0.39 is 15.9 Å². The van der Waals surface area contributed by atoms with Gasteiger partial charge in [-0.2, -0.15) is 9.41 Å². The van der Waals surface area contributed by atoms with Crippen LogP contribution in [0.2, 0.25) is 10.0 Å². The van der Waals surface area contributed by atoms with E-state index in [4.69, 9.17) is 27.6 Å². The minimum Gasteiger partial charge on any atom is -0.459 e. The maximum Gasteiger partial charge on any atom is 0.272 e. The van der Waals surface area contributed by atoms with Crippen LogP contribution in [-0.4, -0.2) is 24.8 Å². The number of nitrogens with one attached hydrogen (secondary N) is 1. The van der Waals surface area contributed by atoms with Crippen molar-refractivity contribution in [2.24, 2.45) is 5.10 Å². The zero-order valence-electron chi connectivity index (χ0n) is 19.8. The summed E-state index contributed by atoms with van der Waals surface area (Å²) in [7, 11) is -3.81. The molecule has 0 bridgehead atoms. The van der Waals surface area contributed by atoms with Gasteiger partial charge in [-0.15, -0.1) is 0 Å². The molecule has 1 heterocycles. The number of carbonyl (C=O) groups excluding carboxylic acids is 1. The molecule has 10 heteroatoms. The fourth-order valence-electron chi connectivity index (χ4n) is 3.48. The van der Waals surface area contributed by atoms with Crippen molar-refractivity contribution in [3.05, 3.63) is 123 Å². The number of hydrogen-bond donors (Lipinski definition) is 1. The van der Waals surface area contributed by atoms with Crippen molar-refractivity contribution in [2.75, 3.05) is 0 Å². The molecule has 0 spiro atoms. The Balaban J connectivity index is 1.49. The molecule has 4 aromatic rings. The SMILES string of the molecule is Cc1ccc(S(=O)(=O)N(Cc2ccccc2)Cc2ccc(/C=N\NC(=O)c3ccc(Cl)cc3Cl)o2)cc1. The Kier molecular flexibility index (Phi) is 8.45. The number of nitrogens with zero attached hydrogens (tertiary/aromatic N) is 2. The van der Waals surface area contributed by atoms with Crippen molar-refractivity contribution in [2.45, 2.75) is 24.9 Å². The average Bonchev–Trinajstić information content (AvgIpc) is 3.31. The van der Waals surface area contributed by atoms with E-state index in [1.54, 1.807) is 42.5 Å². The highest BCUT2D eigenvalue weighted by molar-refractivity contribution is 7.89. The second-order valence-corrected chi connectivity index (χ2v) is 11.0. The molecule has 0 atom stereocenters. The lowest BCUT2D eigenvalue weighted by Crippen LogP contribution is -2.30. The zero-order chi connectivity index (χ0) is 26.4. The van der Waals surface area contributed by atoms with Crippen LogP contribution in [0.4, 0.5) is 0 Å². The Morgan fingerprint density at radius 1 is 0.973 bits per heavy atom. The third-order valence-corrected chi connectivity index (χ3v) is 7.76. The third-order valence-electron chi connectivity index (χ3n) is 5.41. The van der Waals surface area contributed by atoms with Gasteiger partial charge in [-0.3, -0.25) is 4.79 Å². The van der Waals surface area contributed by atoms with E-state index in [0.29, 0.717) is 16.5 Å². The Morgan fingerprint density at radius 3 is 2.41 bits per heavy atom. The van der Waals surface area contributed by atoms with Gasteiger partial charge >= 0.3 is 0 Å². The molecule has 37 heavy (non-hydrogen) atoms. The van der Waals surface area contributed by atoms with E-state index in [1.165, 1.54) is 22.7 Å². The molecule has 0 radical (unpaired) electrons. The summed E-state index contributed by atoms with van der Waals surface area (Å²) >= 11 is 11.9. The molecule has 1 aromatic heterocycles. The number of carbonyl (C=O) groups is 1. The normalized spacial score (nSPS) is 11.8. The van der Waals surface area contributed by atoms with Gasteiger partial charge in [0.05, 0.1) is 28.2 Å². The fourth-order valence-corrected chi connectivity index (χ4v) is 5.37. The molecule has 0 aliphatic carbocycles. The van der Waals surface area contributed by atoms with Crippen LogP contribution < -0.4 is 5.43 Å². The maximum absolute atomic E-state index is 13.5. The summed E-state index contributed by atoms with van der Waals surface area (Å²) in [6, 6.07) is 23.9. The van der Waals surface area contributed by atoms with Crippen LogP contribution in [0, 0.1) is 6.92 Å². The van der Waals surface area contributed by atoms with Crippen LogP contribution >= 0.6 is 23.2 Å². The first-order valence-corrected chi connectivity index (χ1v) is 13.4. The Morgan fingerprint density at radius 2 is 1.70 bits per heavy atom. The molecule has 3 aromatic carbocycles. The minimum absolute atomic E-state index is 0.00564. The van der Waals surface area contributed by atoms with Gasteiger partial charge < -0.3 is 4.42 Å². The molecule has 4 rings (SSSR count). The van der Waals surface area contributed by atoms with E-state index in [-0.39, 0.29) is 28.6 Å². The summed E-state index contributed by atoms with van der Waals surface area (Å²) in [5.41, 5.74) is 4.41. The highest BCUT2D eigenvalue weighted by atomic mass is 35.5. The highest BCUT2D eigenvalue weighted by Gasteiger charge is 2.26. The van der Waals surface area contributed by atoms with Crippen molar-refractivity contribution >= 4 is 45.3 Å². The van der Waals surface area contributed by atoms with Gasteiger partial charge in [-0.1, -0.05) is 71.2 Å². The van der Waals surface area contributed by atoms with Gasteiger partial charge in [0, 0.05) is 11.6 Å². The van der Waals surface area contributed by atoms with E-state index in [9.17, 15) is 13.2 Å². The van der Waals surface area contributed by atoms with Crippen LogP contribution in [0.25, 0.3) is 0 Å². The third kappa shape index (κ3) is 6.87. The number of amides is 1. The molecular formula is C27H23Cl2N3O4S. The Labute approximate surface area is 225 Å². The van der Waals surface area contributed by atoms with Gasteiger partial charge in [-0.25, -0.2) is 13.8 Å². The molecule has 1 amide bonds. The smallest absolute Gasteiger partial charge is 0.272 e. The first-order chi connectivity index (χ1) is 17.7. The van der Waals surface area contributed by atoms with E-state index in [1.807, 2.05) is 37.3 Å². The topological polar surface area (TPSA) is 92.0 Å². The predicted octanol–water partition coefficient (Wildman–Crippen LogP) is 6.05. The number of rotatable bonds is 9. The van der Waals surface area contributed by atoms with Crippen LogP contribution in [0.1, 0.15) is 33.0 Å². The zero-order valence-corrected chi connectivity index (χ0v) is 22.1. The van der Waals surface area contributed by atoms with Crippen LogP contribution in [-0.2, 0) is 23.1 Å². The molecule has 1 N–H and O–H groups in total. The number of halogens is 2. The van der Waals surface area contributed by atoms with E-state index >= 15 is 0 Å². The second kappa shape index (κ2) is 11.7. The molecule has 0 fully saturated rings. The number of sulfonamides is 1. The fraction of sp³-hybridized carbons (Fsp3) is 0.111. The lowest BCUT2D eigenvalue weighted by atomic mass is 10.2. The molecule has 0 aliphatic rings. The van der Waals surface area contributed by atoms with Crippen molar-refractivity contribution < 1.29 is 17.6 Å². The van der Waals surface area contributed by atoms with Gasteiger partial charge in [-0.05, 0) is 55.0 Å².